The van der Waals surface area contributed by atoms with Gasteiger partial charge in [0.2, 0.25) is 0 Å². The molecule has 1 aliphatic heterocycles. The molecule has 1 aromatic carbocycles. The highest BCUT2D eigenvalue weighted by molar-refractivity contribution is 7.99. The summed E-state index contributed by atoms with van der Waals surface area (Å²) in [6.45, 7) is 3.51. The summed E-state index contributed by atoms with van der Waals surface area (Å²) in [5, 5.41) is 1.04. The molecule has 3 heterocycles. The van der Waals surface area contributed by atoms with E-state index in [0.29, 0.717) is 11.7 Å². The molecule has 7 heteroatoms. The van der Waals surface area contributed by atoms with Gasteiger partial charge in [0.05, 0.1) is 0 Å². The lowest BCUT2D eigenvalue weighted by atomic mass is 9.99. The van der Waals surface area contributed by atoms with Gasteiger partial charge >= 0.3 is 6.09 Å². The van der Waals surface area contributed by atoms with Crippen molar-refractivity contribution in [3.63, 3.8) is 0 Å². The molecule has 1 aliphatic rings. The van der Waals surface area contributed by atoms with Crippen LogP contribution in [-0.4, -0.2) is 44.4 Å². The first kappa shape index (κ1) is 21.4. The van der Waals surface area contributed by atoms with E-state index < -0.39 is 0 Å². The lowest BCUT2D eigenvalue weighted by Gasteiger charge is -2.31. The molecule has 1 amide bonds. The lowest BCUT2D eigenvalue weighted by molar-refractivity contribution is 0.134. The van der Waals surface area contributed by atoms with Crippen LogP contribution in [0.3, 0.4) is 0 Å². The van der Waals surface area contributed by atoms with E-state index in [9.17, 15) is 4.79 Å². The number of pyridine rings is 1. The van der Waals surface area contributed by atoms with Gasteiger partial charge in [-0.1, -0.05) is 30.0 Å². The standard InChI is InChI=1S/C24H28N4O2S/c1-18-3-6-21(26-16-18)15-19-4-7-22(8-5-19)30-24(29)28-12-9-20(10-13-28)17-31-23-25-11-14-27(23)2/h3-8,11,14,16,20H,9-10,12-13,15,17H2,1-2H3. The van der Waals surface area contributed by atoms with Crippen molar-refractivity contribution >= 4 is 17.9 Å². The molecule has 0 atom stereocenters. The van der Waals surface area contributed by atoms with E-state index >= 15 is 0 Å². The van der Waals surface area contributed by atoms with Crippen LogP contribution in [0.1, 0.15) is 29.7 Å². The highest BCUT2D eigenvalue weighted by Gasteiger charge is 2.24. The van der Waals surface area contributed by atoms with Gasteiger partial charge in [-0.3, -0.25) is 4.98 Å². The monoisotopic (exact) mass is 436 g/mol. The van der Waals surface area contributed by atoms with Crippen molar-refractivity contribution in [1.82, 2.24) is 19.4 Å². The van der Waals surface area contributed by atoms with Crippen molar-refractivity contribution in [1.29, 1.82) is 0 Å². The van der Waals surface area contributed by atoms with Gasteiger partial charge in [0, 0.05) is 56.6 Å². The zero-order chi connectivity index (χ0) is 21.6. The maximum Gasteiger partial charge on any atom is 0.415 e. The molecule has 3 aromatic rings. The molecule has 1 saturated heterocycles. The summed E-state index contributed by atoms with van der Waals surface area (Å²) in [6.07, 6.45) is 8.16. The lowest BCUT2D eigenvalue weighted by Crippen LogP contribution is -2.40. The van der Waals surface area contributed by atoms with Crippen LogP contribution >= 0.6 is 11.8 Å². The van der Waals surface area contributed by atoms with Crippen LogP contribution in [0.25, 0.3) is 0 Å². The fraction of sp³-hybridized carbons (Fsp3) is 0.375. The van der Waals surface area contributed by atoms with E-state index in [0.717, 1.165) is 60.1 Å². The van der Waals surface area contributed by atoms with E-state index in [2.05, 4.69) is 16.0 Å². The van der Waals surface area contributed by atoms with Gasteiger partial charge in [-0.2, -0.15) is 0 Å². The molecular formula is C24H28N4O2S. The van der Waals surface area contributed by atoms with Gasteiger partial charge in [-0.25, -0.2) is 9.78 Å². The highest BCUT2D eigenvalue weighted by atomic mass is 32.2. The predicted octanol–water partition coefficient (Wildman–Crippen LogP) is 4.72. The number of rotatable bonds is 6. The summed E-state index contributed by atoms with van der Waals surface area (Å²) in [6, 6.07) is 11.8. The zero-order valence-corrected chi connectivity index (χ0v) is 18.8. The number of aryl methyl sites for hydroxylation is 2. The maximum atomic E-state index is 12.5. The molecule has 2 aromatic heterocycles. The average molecular weight is 437 g/mol. The molecule has 0 aliphatic carbocycles. The fourth-order valence-corrected chi connectivity index (χ4v) is 4.74. The van der Waals surface area contributed by atoms with Gasteiger partial charge in [0.25, 0.3) is 0 Å². The second-order valence-electron chi connectivity index (χ2n) is 8.08. The van der Waals surface area contributed by atoms with Crippen LogP contribution in [0.15, 0.2) is 60.1 Å². The number of ether oxygens (including phenoxy) is 1. The van der Waals surface area contributed by atoms with Crippen molar-refractivity contribution in [3.8, 4) is 5.75 Å². The molecule has 0 spiro atoms. The minimum absolute atomic E-state index is 0.261. The van der Waals surface area contributed by atoms with E-state index in [4.69, 9.17) is 4.74 Å². The number of carbonyl (C=O) groups excluding carboxylic acids is 1. The normalized spacial score (nSPS) is 14.6. The van der Waals surface area contributed by atoms with Gasteiger partial charge in [-0.15, -0.1) is 0 Å². The van der Waals surface area contributed by atoms with Gasteiger partial charge < -0.3 is 14.2 Å². The first-order valence-electron chi connectivity index (χ1n) is 10.6. The van der Waals surface area contributed by atoms with E-state index in [1.165, 1.54) is 0 Å². The average Bonchev–Trinajstić information content (AvgIpc) is 3.20. The Labute approximate surface area is 187 Å². The number of piperidine rings is 1. The molecule has 1 fully saturated rings. The van der Waals surface area contributed by atoms with Crippen LogP contribution in [0.5, 0.6) is 5.75 Å². The van der Waals surface area contributed by atoms with Crippen molar-refractivity contribution < 1.29 is 9.53 Å². The Morgan fingerprint density at radius 3 is 2.55 bits per heavy atom. The van der Waals surface area contributed by atoms with E-state index in [-0.39, 0.29) is 6.09 Å². The third kappa shape index (κ3) is 5.88. The molecule has 0 saturated carbocycles. The Morgan fingerprint density at radius 2 is 1.90 bits per heavy atom. The minimum atomic E-state index is -0.261. The Bertz CT molecular complexity index is 993. The number of nitrogens with zero attached hydrogens (tertiary/aromatic N) is 4. The molecule has 0 N–H and O–H groups in total. The molecule has 162 valence electrons. The number of amides is 1. The van der Waals surface area contributed by atoms with Crippen molar-refractivity contribution in [2.45, 2.75) is 31.3 Å². The van der Waals surface area contributed by atoms with Crippen LogP contribution in [-0.2, 0) is 13.5 Å². The number of hydrogen-bond acceptors (Lipinski definition) is 5. The number of thioether (sulfide) groups is 1. The Kier molecular flexibility index (Phi) is 6.92. The zero-order valence-electron chi connectivity index (χ0n) is 18.0. The molecule has 6 nitrogen and oxygen atoms in total. The van der Waals surface area contributed by atoms with Crippen LogP contribution in [0.4, 0.5) is 4.79 Å². The second-order valence-corrected chi connectivity index (χ2v) is 9.06. The van der Waals surface area contributed by atoms with Gasteiger partial charge in [-0.05, 0) is 55.0 Å². The topological polar surface area (TPSA) is 60.2 Å². The summed E-state index contributed by atoms with van der Waals surface area (Å²) in [5.41, 5.74) is 3.32. The predicted molar refractivity (Wildman–Crippen MR) is 122 cm³/mol. The van der Waals surface area contributed by atoms with Crippen LogP contribution in [0, 0.1) is 12.8 Å². The SMILES string of the molecule is Cc1ccc(Cc2ccc(OC(=O)N3CCC(CSc4nccn4C)CC3)cc2)nc1. The number of imidazole rings is 1. The first-order valence-corrected chi connectivity index (χ1v) is 11.6. The van der Waals surface area contributed by atoms with E-state index in [1.807, 2.05) is 72.4 Å². The number of benzene rings is 1. The first-order chi connectivity index (χ1) is 15.1. The largest absolute Gasteiger partial charge is 0.415 e. The summed E-state index contributed by atoms with van der Waals surface area (Å²) in [4.78, 5) is 23.2. The van der Waals surface area contributed by atoms with Crippen molar-refractivity contribution in [2.75, 3.05) is 18.8 Å². The highest BCUT2D eigenvalue weighted by Crippen LogP contribution is 2.26. The third-order valence-corrected chi connectivity index (χ3v) is 6.87. The summed E-state index contributed by atoms with van der Waals surface area (Å²) < 4.78 is 7.64. The number of aromatic nitrogens is 3. The molecule has 0 bridgehead atoms. The molecule has 4 rings (SSSR count). The molecule has 0 unspecified atom stereocenters. The Balaban J connectivity index is 1.22. The molecule has 0 radical (unpaired) electrons. The Morgan fingerprint density at radius 1 is 1.13 bits per heavy atom. The van der Waals surface area contributed by atoms with Crippen LogP contribution < -0.4 is 4.74 Å². The second kappa shape index (κ2) is 10.0. The Hall–Kier alpha value is -2.80. The maximum absolute atomic E-state index is 12.5. The molecular weight excluding hydrogens is 408 g/mol. The minimum Gasteiger partial charge on any atom is -0.410 e. The number of carbonyl (C=O) groups is 1. The van der Waals surface area contributed by atoms with Crippen molar-refractivity contribution in [3.05, 3.63) is 71.8 Å². The smallest absolute Gasteiger partial charge is 0.410 e. The van der Waals surface area contributed by atoms with Crippen LogP contribution in [0.2, 0.25) is 0 Å². The summed E-state index contributed by atoms with van der Waals surface area (Å²) in [7, 11) is 2.01. The third-order valence-electron chi connectivity index (χ3n) is 5.58. The van der Waals surface area contributed by atoms with E-state index in [1.54, 1.807) is 11.8 Å². The van der Waals surface area contributed by atoms with Gasteiger partial charge in [0.1, 0.15) is 5.75 Å². The van der Waals surface area contributed by atoms with Crippen molar-refractivity contribution in [2.24, 2.45) is 13.0 Å². The number of hydrogen-bond donors (Lipinski definition) is 0. The summed E-state index contributed by atoms with van der Waals surface area (Å²) >= 11 is 1.79. The summed E-state index contributed by atoms with van der Waals surface area (Å²) in [5.74, 6) is 2.21. The van der Waals surface area contributed by atoms with Gasteiger partial charge in [0.15, 0.2) is 5.16 Å². The molecule has 31 heavy (non-hydrogen) atoms. The quantitative estimate of drug-likeness (QED) is 0.524. The fourth-order valence-electron chi connectivity index (χ4n) is 3.62. The number of likely N-dealkylation sites (tertiary alicyclic amines) is 1.